The fourth-order valence-corrected chi connectivity index (χ4v) is 2.25. The molecule has 2 N–H and O–H groups in total. The first-order valence-electron chi connectivity index (χ1n) is 7.35. The number of rotatable bonds is 6. The monoisotopic (exact) mass is 320 g/mol. The van der Waals surface area contributed by atoms with Gasteiger partial charge in [-0.3, -0.25) is 0 Å². The van der Waals surface area contributed by atoms with E-state index in [2.05, 4.69) is 15.6 Å². The third kappa shape index (κ3) is 4.70. The minimum atomic E-state index is -0.451. The quantitative estimate of drug-likeness (QED) is 0.859. The van der Waals surface area contributed by atoms with Gasteiger partial charge in [0.25, 0.3) is 0 Å². The van der Waals surface area contributed by atoms with Gasteiger partial charge >= 0.3 is 6.03 Å². The highest BCUT2D eigenvalue weighted by atomic mass is 19.1. The van der Waals surface area contributed by atoms with Gasteiger partial charge in [-0.25, -0.2) is 14.2 Å². The molecule has 0 saturated heterocycles. The Morgan fingerprint density at radius 3 is 2.78 bits per heavy atom. The number of carbonyl (C=O) groups excluding carboxylic acids is 1. The van der Waals surface area contributed by atoms with E-state index in [1.807, 2.05) is 17.7 Å². The predicted octanol–water partition coefficient (Wildman–Crippen LogP) is 2.48. The first-order valence-corrected chi connectivity index (χ1v) is 7.35. The third-order valence-electron chi connectivity index (χ3n) is 3.44. The van der Waals surface area contributed by atoms with Crippen molar-refractivity contribution in [3.8, 4) is 5.75 Å². The molecule has 2 amide bonds. The molecule has 1 aromatic heterocycles. The maximum atomic E-state index is 13.7. The molecule has 7 heteroatoms. The lowest BCUT2D eigenvalue weighted by molar-refractivity contribution is 0.233. The normalized spacial score (nSPS) is 13.2. The van der Waals surface area contributed by atoms with Crippen molar-refractivity contribution in [3.63, 3.8) is 0 Å². The van der Waals surface area contributed by atoms with E-state index in [0.717, 1.165) is 0 Å². The molecule has 0 fully saturated rings. The highest BCUT2D eigenvalue weighted by Gasteiger charge is 2.14. The van der Waals surface area contributed by atoms with Crippen LogP contribution in [0.3, 0.4) is 0 Å². The van der Waals surface area contributed by atoms with Crippen LogP contribution in [0.15, 0.2) is 36.9 Å². The van der Waals surface area contributed by atoms with Gasteiger partial charge in [0.1, 0.15) is 0 Å². The van der Waals surface area contributed by atoms with Crippen LogP contribution in [0.1, 0.15) is 25.5 Å². The molecule has 0 unspecified atom stereocenters. The molecule has 1 heterocycles. The number of ether oxygens (including phenoxy) is 1. The summed E-state index contributed by atoms with van der Waals surface area (Å²) in [6.45, 7) is 4.32. The van der Waals surface area contributed by atoms with E-state index in [4.69, 9.17) is 4.74 Å². The van der Waals surface area contributed by atoms with Crippen LogP contribution in [-0.2, 0) is 6.54 Å². The van der Waals surface area contributed by atoms with Gasteiger partial charge in [0.15, 0.2) is 11.6 Å². The maximum Gasteiger partial charge on any atom is 0.315 e. The van der Waals surface area contributed by atoms with Crippen molar-refractivity contribution in [2.75, 3.05) is 7.11 Å². The Morgan fingerprint density at radius 2 is 2.17 bits per heavy atom. The van der Waals surface area contributed by atoms with Crippen LogP contribution < -0.4 is 15.4 Å². The number of aromatic nitrogens is 2. The highest BCUT2D eigenvalue weighted by molar-refractivity contribution is 5.74. The first-order chi connectivity index (χ1) is 11.0. The van der Waals surface area contributed by atoms with E-state index in [0.29, 0.717) is 12.1 Å². The second kappa shape index (κ2) is 7.62. The lowest BCUT2D eigenvalue weighted by Crippen LogP contribution is -2.43. The number of benzene rings is 1. The number of halogens is 1. The first kappa shape index (κ1) is 16.8. The standard InChI is InChI=1S/C16H21FN4O2/c1-11(9-21-7-6-18-10-21)19-16(22)20-12(2)13-4-5-15(23-3)14(17)8-13/h4-8,10-12H,9H2,1-3H3,(H2,19,20,22)/t11-,12+/m0/s1. The second-order valence-corrected chi connectivity index (χ2v) is 5.39. The van der Waals surface area contributed by atoms with Crippen LogP contribution in [0.2, 0.25) is 0 Å². The van der Waals surface area contributed by atoms with Crippen molar-refractivity contribution in [1.29, 1.82) is 0 Å². The molecule has 0 spiro atoms. The Kier molecular flexibility index (Phi) is 5.56. The summed E-state index contributed by atoms with van der Waals surface area (Å²) in [5.74, 6) is -0.271. The van der Waals surface area contributed by atoms with Gasteiger partial charge in [-0.15, -0.1) is 0 Å². The zero-order valence-electron chi connectivity index (χ0n) is 13.4. The SMILES string of the molecule is COc1ccc([C@@H](C)NC(=O)N[C@@H](C)Cn2ccnc2)cc1F. The number of carbonyl (C=O) groups is 1. The highest BCUT2D eigenvalue weighted by Crippen LogP contribution is 2.21. The summed E-state index contributed by atoms with van der Waals surface area (Å²) < 4.78 is 20.5. The molecule has 2 rings (SSSR count). The van der Waals surface area contributed by atoms with Crippen molar-refractivity contribution in [3.05, 3.63) is 48.3 Å². The van der Waals surface area contributed by atoms with Crippen molar-refractivity contribution >= 4 is 6.03 Å². The number of imidazole rings is 1. The molecular formula is C16H21FN4O2. The van der Waals surface area contributed by atoms with Crippen molar-refractivity contribution in [2.24, 2.45) is 0 Å². The Labute approximate surface area is 134 Å². The minimum Gasteiger partial charge on any atom is -0.494 e. The molecule has 0 saturated carbocycles. The van der Waals surface area contributed by atoms with Gasteiger partial charge in [-0.2, -0.15) is 0 Å². The summed E-state index contributed by atoms with van der Waals surface area (Å²) in [5.41, 5.74) is 0.667. The predicted molar refractivity (Wildman–Crippen MR) is 84.7 cm³/mol. The van der Waals surface area contributed by atoms with Crippen LogP contribution in [0.4, 0.5) is 9.18 Å². The summed E-state index contributed by atoms with van der Waals surface area (Å²) in [4.78, 5) is 16.0. The van der Waals surface area contributed by atoms with Crippen LogP contribution >= 0.6 is 0 Å². The summed E-state index contributed by atoms with van der Waals surface area (Å²) >= 11 is 0. The lowest BCUT2D eigenvalue weighted by Gasteiger charge is -2.19. The number of methoxy groups -OCH3 is 1. The summed E-state index contributed by atoms with van der Waals surface area (Å²) in [6.07, 6.45) is 5.21. The van der Waals surface area contributed by atoms with Crippen LogP contribution in [0, 0.1) is 5.82 Å². The van der Waals surface area contributed by atoms with Crippen molar-refractivity contribution in [1.82, 2.24) is 20.2 Å². The fraction of sp³-hybridized carbons (Fsp3) is 0.375. The number of amides is 2. The van der Waals surface area contributed by atoms with E-state index in [1.165, 1.54) is 13.2 Å². The summed E-state index contributed by atoms with van der Waals surface area (Å²) in [5, 5.41) is 5.63. The number of nitrogens with zero attached hydrogens (tertiary/aromatic N) is 2. The number of nitrogens with one attached hydrogen (secondary N) is 2. The molecule has 124 valence electrons. The molecule has 0 aliphatic heterocycles. The smallest absolute Gasteiger partial charge is 0.315 e. The number of hydrogen-bond acceptors (Lipinski definition) is 3. The van der Waals surface area contributed by atoms with E-state index >= 15 is 0 Å². The van der Waals surface area contributed by atoms with Gasteiger partial charge in [0.05, 0.1) is 19.5 Å². The topological polar surface area (TPSA) is 68.2 Å². The van der Waals surface area contributed by atoms with Gasteiger partial charge < -0.3 is 19.9 Å². The zero-order valence-corrected chi connectivity index (χ0v) is 13.4. The molecule has 0 radical (unpaired) electrons. The van der Waals surface area contributed by atoms with Gasteiger partial charge in [-0.05, 0) is 31.5 Å². The Bertz CT molecular complexity index is 646. The molecule has 0 aliphatic carbocycles. The maximum absolute atomic E-state index is 13.7. The molecule has 23 heavy (non-hydrogen) atoms. The summed E-state index contributed by atoms with van der Waals surface area (Å²) in [6, 6.07) is 3.93. The van der Waals surface area contributed by atoms with E-state index in [-0.39, 0.29) is 23.9 Å². The molecule has 1 aromatic carbocycles. The van der Waals surface area contributed by atoms with Crippen LogP contribution in [0.25, 0.3) is 0 Å². The second-order valence-electron chi connectivity index (χ2n) is 5.39. The molecule has 2 aromatic rings. The molecule has 0 aliphatic rings. The average molecular weight is 320 g/mol. The third-order valence-corrected chi connectivity index (χ3v) is 3.44. The molecule has 6 nitrogen and oxygen atoms in total. The van der Waals surface area contributed by atoms with E-state index < -0.39 is 5.82 Å². The van der Waals surface area contributed by atoms with Crippen LogP contribution in [-0.4, -0.2) is 28.7 Å². The molecular weight excluding hydrogens is 299 g/mol. The average Bonchev–Trinajstić information content (AvgIpc) is 2.99. The summed E-state index contributed by atoms with van der Waals surface area (Å²) in [7, 11) is 1.41. The van der Waals surface area contributed by atoms with Crippen molar-refractivity contribution in [2.45, 2.75) is 32.5 Å². The van der Waals surface area contributed by atoms with E-state index in [9.17, 15) is 9.18 Å². The largest absolute Gasteiger partial charge is 0.494 e. The van der Waals surface area contributed by atoms with E-state index in [1.54, 1.807) is 31.6 Å². The van der Waals surface area contributed by atoms with Crippen molar-refractivity contribution < 1.29 is 13.9 Å². The van der Waals surface area contributed by atoms with Gasteiger partial charge in [-0.1, -0.05) is 6.07 Å². The minimum absolute atomic E-state index is 0.0657. The van der Waals surface area contributed by atoms with Gasteiger partial charge in [0, 0.05) is 25.0 Å². The zero-order chi connectivity index (χ0) is 16.8. The molecule has 2 atom stereocenters. The number of urea groups is 1. The molecule has 0 bridgehead atoms. The number of hydrogen-bond donors (Lipinski definition) is 2. The van der Waals surface area contributed by atoms with Gasteiger partial charge in [0.2, 0.25) is 0 Å². The fourth-order valence-electron chi connectivity index (χ4n) is 2.25. The Hall–Kier alpha value is -2.57. The Balaban J connectivity index is 1.87. The Morgan fingerprint density at radius 1 is 1.39 bits per heavy atom. The van der Waals surface area contributed by atoms with Crippen LogP contribution in [0.5, 0.6) is 5.75 Å². The lowest BCUT2D eigenvalue weighted by atomic mass is 10.1.